The summed E-state index contributed by atoms with van der Waals surface area (Å²) in [7, 11) is 0. The summed E-state index contributed by atoms with van der Waals surface area (Å²) in [5.41, 5.74) is 8.79. The average Bonchev–Trinajstić information content (AvgIpc) is 3.13. The maximum Gasteiger partial charge on any atom is 0.255 e. The number of nitrogens with two attached hydrogens (primary N) is 1. The number of morpholine rings is 1. The van der Waals surface area contributed by atoms with Crippen LogP contribution in [-0.2, 0) is 17.7 Å². The number of aliphatic hydroxyl groups excluding tert-OH is 1. The Morgan fingerprint density at radius 1 is 1.17 bits per heavy atom. The lowest BCUT2D eigenvalue weighted by molar-refractivity contribution is -0.00717. The fraction of sp³-hybridized carbons (Fsp3) is 0.481. The van der Waals surface area contributed by atoms with Gasteiger partial charge < -0.3 is 30.5 Å². The topological polar surface area (TPSA) is 114 Å². The van der Waals surface area contributed by atoms with Gasteiger partial charge in [0.1, 0.15) is 5.75 Å². The van der Waals surface area contributed by atoms with Crippen LogP contribution in [0.1, 0.15) is 58.0 Å². The van der Waals surface area contributed by atoms with E-state index in [4.69, 9.17) is 15.2 Å². The molecule has 0 spiro atoms. The molecule has 2 heterocycles. The molecular weight excluding hydrogens is 446 g/mol. The van der Waals surface area contributed by atoms with Crippen molar-refractivity contribution in [3.8, 4) is 5.75 Å². The summed E-state index contributed by atoms with van der Waals surface area (Å²) >= 11 is 0. The van der Waals surface area contributed by atoms with Gasteiger partial charge in [-0.2, -0.15) is 0 Å². The second-order valence-corrected chi connectivity index (χ2v) is 9.15. The monoisotopic (exact) mass is 481 g/mol. The zero-order valence-electron chi connectivity index (χ0n) is 20.2. The van der Waals surface area contributed by atoms with Gasteiger partial charge in [0.25, 0.3) is 11.8 Å². The molecule has 2 saturated heterocycles. The van der Waals surface area contributed by atoms with Crippen molar-refractivity contribution in [1.82, 2.24) is 10.2 Å². The SMILES string of the molecule is CCOc1cc(C(=O)N2C3CCC2COC3)ccc1C(=O)NCC(O)CCc1ccccc1CN. The molecule has 8 heteroatoms. The molecule has 2 amide bonds. The first-order valence-electron chi connectivity index (χ1n) is 12.4. The third-order valence-electron chi connectivity index (χ3n) is 6.83. The first-order chi connectivity index (χ1) is 17.0. The molecule has 3 atom stereocenters. The van der Waals surface area contributed by atoms with Crippen LogP contribution in [0, 0.1) is 0 Å². The first-order valence-corrected chi connectivity index (χ1v) is 12.4. The normalized spacial score (nSPS) is 19.9. The molecule has 2 aromatic carbocycles. The average molecular weight is 482 g/mol. The van der Waals surface area contributed by atoms with Crippen molar-refractivity contribution in [3.63, 3.8) is 0 Å². The van der Waals surface area contributed by atoms with Gasteiger partial charge in [-0.25, -0.2) is 0 Å². The number of carbonyl (C=O) groups is 2. The molecule has 0 saturated carbocycles. The lowest BCUT2D eigenvalue weighted by atomic mass is 10.0. The van der Waals surface area contributed by atoms with Crippen molar-refractivity contribution >= 4 is 11.8 Å². The second-order valence-electron chi connectivity index (χ2n) is 9.15. The lowest BCUT2D eigenvalue weighted by Gasteiger charge is -2.34. The number of aryl methyl sites for hydroxylation is 1. The molecule has 2 fully saturated rings. The van der Waals surface area contributed by atoms with Gasteiger partial charge in [0, 0.05) is 18.7 Å². The van der Waals surface area contributed by atoms with E-state index in [-0.39, 0.29) is 30.4 Å². The number of nitrogens with one attached hydrogen (secondary N) is 1. The summed E-state index contributed by atoms with van der Waals surface area (Å²) in [5.74, 6) is -0.0370. The number of aliphatic hydroxyl groups is 1. The molecule has 4 rings (SSSR count). The summed E-state index contributed by atoms with van der Waals surface area (Å²) in [6.07, 6.45) is 2.39. The highest BCUT2D eigenvalue weighted by molar-refractivity contribution is 6.00. The summed E-state index contributed by atoms with van der Waals surface area (Å²) in [6.45, 7) is 3.91. The van der Waals surface area contributed by atoms with Crippen molar-refractivity contribution in [2.24, 2.45) is 5.73 Å². The summed E-state index contributed by atoms with van der Waals surface area (Å²) < 4.78 is 11.3. The highest BCUT2D eigenvalue weighted by Crippen LogP contribution is 2.31. The van der Waals surface area contributed by atoms with Crippen molar-refractivity contribution in [3.05, 3.63) is 64.7 Å². The fourth-order valence-electron chi connectivity index (χ4n) is 4.96. The van der Waals surface area contributed by atoms with Gasteiger partial charge in [0.2, 0.25) is 0 Å². The standard InChI is InChI=1S/C27H35N3O5/c1-2-35-25-13-19(27(33)30-21-9-10-22(30)17-34-16-21)8-12-24(25)26(32)29-15-23(31)11-7-18-5-3-4-6-20(18)14-28/h3-6,8,12-13,21-23,31H,2,7,9-11,14-17,28H2,1H3,(H,29,32). The number of ether oxygens (including phenoxy) is 2. The van der Waals surface area contributed by atoms with Crippen LogP contribution in [0.15, 0.2) is 42.5 Å². The van der Waals surface area contributed by atoms with Gasteiger partial charge in [0.05, 0.1) is 43.6 Å². The third-order valence-corrected chi connectivity index (χ3v) is 6.83. The van der Waals surface area contributed by atoms with E-state index in [0.29, 0.717) is 56.1 Å². The van der Waals surface area contributed by atoms with E-state index in [1.807, 2.05) is 36.1 Å². The van der Waals surface area contributed by atoms with Crippen LogP contribution >= 0.6 is 0 Å². The van der Waals surface area contributed by atoms with Gasteiger partial charge in [-0.15, -0.1) is 0 Å². The zero-order chi connectivity index (χ0) is 24.8. The molecule has 0 radical (unpaired) electrons. The summed E-state index contributed by atoms with van der Waals surface area (Å²) in [5, 5.41) is 13.2. The van der Waals surface area contributed by atoms with Gasteiger partial charge in [-0.3, -0.25) is 9.59 Å². The first kappa shape index (κ1) is 25.2. The maximum atomic E-state index is 13.2. The Bertz CT molecular complexity index is 1030. The quantitative estimate of drug-likeness (QED) is 0.480. The minimum Gasteiger partial charge on any atom is -0.493 e. The van der Waals surface area contributed by atoms with E-state index in [0.717, 1.165) is 24.0 Å². The highest BCUT2D eigenvalue weighted by Gasteiger charge is 2.40. The molecule has 8 nitrogen and oxygen atoms in total. The van der Waals surface area contributed by atoms with E-state index >= 15 is 0 Å². The Hall–Kier alpha value is -2.94. The van der Waals surface area contributed by atoms with Gasteiger partial charge >= 0.3 is 0 Å². The molecule has 188 valence electrons. The van der Waals surface area contributed by atoms with Gasteiger partial charge in [-0.05, 0) is 61.9 Å². The van der Waals surface area contributed by atoms with Crippen LogP contribution in [0.5, 0.6) is 5.75 Å². The van der Waals surface area contributed by atoms with E-state index in [1.165, 1.54) is 0 Å². The number of carbonyl (C=O) groups excluding carboxylic acids is 2. The minimum absolute atomic E-state index is 0.0538. The van der Waals surface area contributed by atoms with Crippen LogP contribution in [0.4, 0.5) is 0 Å². The molecule has 2 aliphatic rings. The van der Waals surface area contributed by atoms with E-state index in [2.05, 4.69) is 5.32 Å². The molecule has 2 aliphatic heterocycles. The Morgan fingerprint density at radius 3 is 2.57 bits per heavy atom. The number of nitrogens with zero attached hydrogens (tertiary/aromatic N) is 1. The van der Waals surface area contributed by atoms with Crippen LogP contribution in [0.2, 0.25) is 0 Å². The van der Waals surface area contributed by atoms with Crippen molar-refractivity contribution < 1.29 is 24.2 Å². The van der Waals surface area contributed by atoms with Gasteiger partial charge in [-0.1, -0.05) is 24.3 Å². The van der Waals surface area contributed by atoms with E-state index < -0.39 is 6.10 Å². The summed E-state index contributed by atoms with van der Waals surface area (Å²) in [6, 6.07) is 13.1. The predicted octanol–water partition coefficient (Wildman–Crippen LogP) is 2.27. The molecule has 3 unspecified atom stereocenters. The molecule has 4 N–H and O–H groups in total. The molecule has 2 aromatic rings. The third kappa shape index (κ3) is 5.83. The molecule has 35 heavy (non-hydrogen) atoms. The molecular formula is C27H35N3O5. The van der Waals surface area contributed by atoms with E-state index in [1.54, 1.807) is 18.2 Å². The largest absolute Gasteiger partial charge is 0.493 e. The Morgan fingerprint density at radius 2 is 1.89 bits per heavy atom. The number of benzene rings is 2. The molecule has 2 bridgehead atoms. The minimum atomic E-state index is -0.696. The number of hydrogen-bond acceptors (Lipinski definition) is 6. The van der Waals surface area contributed by atoms with Crippen LogP contribution < -0.4 is 15.8 Å². The molecule has 0 aliphatic carbocycles. The number of hydrogen-bond donors (Lipinski definition) is 3. The fourth-order valence-corrected chi connectivity index (χ4v) is 4.96. The number of amides is 2. The predicted molar refractivity (Wildman–Crippen MR) is 132 cm³/mol. The van der Waals surface area contributed by atoms with E-state index in [9.17, 15) is 14.7 Å². The number of rotatable bonds is 10. The second kappa shape index (κ2) is 11.7. The lowest BCUT2D eigenvalue weighted by Crippen LogP contribution is -2.49. The zero-order valence-corrected chi connectivity index (χ0v) is 20.2. The number of fused-ring (bicyclic) bond motifs is 2. The summed E-state index contributed by atoms with van der Waals surface area (Å²) in [4.78, 5) is 28.0. The Labute approximate surface area is 206 Å². The maximum absolute atomic E-state index is 13.2. The molecule has 0 aromatic heterocycles. The van der Waals surface area contributed by atoms with Crippen LogP contribution in [0.3, 0.4) is 0 Å². The Kier molecular flexibility index (Phi) is 8.38. The smallest absolute Gasteiger partial charge is 0.255 e. The van der Waals surface area contributed by atoms with Crippen LogP contribution in [-0.4, -0.2) is 66.4 Å². The van der Waals surface area contributed by atoms with Crippen molar-refractivity contribution in [2.45, 2.75) is 57.3 Å². The van der Waals surface area contributed by atoms with Crippen molar-refractivity contribution in [2.75, 3.05) is 26.4 Å². The van der Waals surface area contributed by atoms with Crippen LogP contribution in [0.25, 0.3) is 0 Å². The van der Waals surface area contributed by atoms with Crippen molar-refractivity contribution in [1.29, 1.82) is 0 Å². The Balaban J connectivity index is 1.37. The highest BCUT2D eigenvalue weighted by atomic mass is 16.5. The van der Waals surface area contributed by atoms with Gasteiger partial charge in [0.15, 0.2) is 0 Å².